The fraction of sp³-hybridized carbons (Fsp3) is 0.762. The minimum Gasteiger partial charge on any atom is -0.341 e. The average molecular weight is 392 g/mol. The van der Waals surface area contributed by atoms with Crippen LogP contribution >= 0.6 is 0 Å². The van der Waals surface area contributed by atoms with Gasteiger partial charge < -0.3 is 9.80 Å². The van der Waals surface area contributed by atoms with E-state index in [1.807, 2.05) is 29.5 Å². The Bertz CT molecular complexity index is 709. The summed E-state index contributed by atoms with van der Waals surface area (Å²) < 4.78 is 1.89. The third kappa shape index (κ3) is 5.26. The van der Waals surface area contributed by atoms with Crippen molar-refractivity contribution in [1.82, 2.24) is 19.6 Å². The van der Waals surface area contributed by atoms with Crippen LogP contribution in [-0.4, -0.2) is 57.7 Å². The number of nitrogens with one attached hydrogen (secondary N) is 1. The number of urea groups is 1. The van der Waals surface area contributed by atoms with Crippen LogP contribution < -0.4 is 5.32 Å². The van der Waals surface area contributed by atoms with Crippen molar-refractivity contribution >= 4 is 17.8 Å². The number of amides is 3. The normalized spacial score (nSPS) is 16.3. The second-order valence-corrected chi connectivity index (χ2v) is 10.00. The third-order valence-corrected chi connectivity index (χ3v) is 4.94. The Morgan fingerprint density at radius 1 is 1.00 bits per heavy atom. The van der Waals surface area contributed by atoms with Gasteiger partial charge in [0.15, 0.2) is 0 Å². The Balaban J connectivity index is 2.14. The van der Waals surface area contributed by atoms with Gasteiger partial charge in [0.2, 0.25) is 5.91 Å². The monoisotopic (exact) mass is 391 g/mol. The van der Waals surface area contributed by atoms with E-state index in [4.69, 9.17) is 5.10 Å². The molecule has 1 aromatic heterocycles. The molecule has 1 N–H and O–H groups in total. The maximum absolute atomic E-state index is 12.9. The van der Waals surface area contributed by atoms with E-state index in [2.05, 4.69) is 46.9 Å². The highest BCUT2D eigenvalue weighted by molar-refractivity contribution is 5.88. The van der Waals surface area contributed by atoms with Gasteiger partial charge in [-0.25, -0.2) is 9.48 Å². The molecule has 1 aliphatic heterocycles. The smallest absolute Gasteiger partial charge is 0.323 e. The molecule has 1 aliphatic rings. The number of aromatic nitrogens is 2. The Hall–Kier alpha value is -2.05. The van der Waals surface area contributed by atoms with Crippen molar-refractivity contribution in [2.24, 2.45) is 5.92 Å². The summed E-state index contributed by atoms with van der Waals surface area (Å²) >= 11 is 0. The summed E-state index contributed by atoms with van der Waals surface area (Å²) in [4.78, 5) is 28.9. The minimum absolute atomic E-state index is 0.0164. The standard InChI is InChI=1S/C21H37N5O2/c1-15(2)18(27)24-10-9-11-25(13-12-24)19(28)22-17-14-16(20(3,4)5)23-26(17)21(6,7)8/h14-15H,9-13H2,1-8H3,(H,22,28). The molecule has 7 heteroatoms. The maximum atomic E-state index is 12.9. The molecule has 0 spiro atoms. The van der Waals surface area contributed by atoms with Crippen LogP contribution in [-0.2, 0) is 15.7 Å². The lowest BCUT2D eigenvalue weighted by Gasteiger charge is -2.25. The lowest BCUT2D eigenvalue weighted by atomic mass is 9.92. The lowest BCUT2D eigenvalue weighted by molar-refractivity contribution is -0.134. The fourth-order valence-corrected chi connectivity index (χ4v) is 3.24. The van der Waals surface area contributed by atoms with Gasteiger partial charge in [0.05, 0.1) is 11.2 Å². The van der Waals surface area contributed by atoms with E-state index in [1.54, 1.807) is 4.90 Å². The number of hydrogen-bond donors (Lipinski definition) is 1. The third-order valence-electron chi connectivity index (χ3n) is 4.94. The summed E-state index contributed by atoms with van der Waals surface area (Å²) in [5.41, 5.74) is 0.601. The van der Waals surface area contributed by atoms with Gasteiger partial charge in [0, 0.05) is 43.6 Å². The molecule has 1 aromatic rings. The van der Waals surface area contributed by atoms with Crippen molar-refractivity contribution in [2.45, 2.75) is 72.8 Å². The Labute approximate surface area is 169 Å². The maximum Gasteiger partial charge on any atom is 0.323 e. The van der Waals surface area contributed by atoms with Crippen molar-refractivity contribution in [3.63, 3.8) is 0 Å². The van der Waals surface area contributed by atoms with Crippen molar-refractivity contribution in [1.29, 1.82) is 0 Å². The van der Waals surface area contributed by atoms with Gasteiger partial charge in [-0.2, -0.15) is 5.10 Å². The topological polar surface area (TPSA) is 70.5 Å². The molecule has 1 fully saturated rings. The highest BCUT2D eigenvalue weighted by atomic mass is 16.2. The van der Waals surface area contributed by atoms with E-state index in [-0.39, 0.29) is 28.8 Å². The van der Waals surface area contributed by atoms with Crippen molar-refractivity contribution < 1.29 is 9.59 Å². The first-order valence-electron chi connectivity index (χ1n) is 10.3. The van der Waals surface area contributed by atoms with Crippen molar-refractivity contribution in [2.75, 3.05) is 31.5 Å². The summed E-state index contributed by atoms with van der Waals surface area (Å²) in [6.45, 7) is 18.9. The molecule has 0 saturated carbocycles. The Kier molecular flexibility index (Phi) is 6.46. The van der Waals surface area contributed by atoms with Crippen LogP contribution in [0, 0.1) is 5.92 Å². The molecule has 28 heavy (non-hydrogen) atoms. The van der Waals surface area contributed by atoms with Crippen LogP contribution in [0.5, 0.6) is 0 Å². The van der Waals surface area contributed by atoms with Crippen LogP contribution in [0.2, 0.25) is 0 Å². The molecule has 0 aromatic carbocycles. The number of rotatable bonds is 2. The van der Waals surface area contributed by atoms with E-state index in [9.17, 15) is 9.59 Å². The van der Waals surface area contributed by atoms with Gasteiger partial charge in [-0.05, 0) is 27.2 Å². The predicted octanol–water partition coefficient (Wildman–Crippen LogP) is 3.66. The number of anilines is 1. The second-order valence-electron chi connectivity index (χ2n) is 10.00. The Morgan fingerprint density at radius 2 is 1.57 bits per heavy atom. The van der Waals surface area contributed by atoms with Crippen LogP contribution in [0.3, 0.4) is 0 Å². The van der Waals surface area contributed by atoms with E-state index in [0.717, 1.165) is 12.1 Å². The summed E-state index contributed by atoms with van der Waals surface area (Å²) in [5.74, 6) is 0.849. The van der Waals surface area contributed by atoms with Gasteiger partial charge in [-0.15, -0.1) is 0 Å². The molecule has 3 amide bonds. The van der Waals surface area contributed by atoms with Gasteiger partial charge in [0.25, 0.3) is 0 Å². The van der Waals surface area contributed by atoms with Crippen molar-refractivity contribution in [3.05, 3.63) is 11.8 Å². The SMILES string of the molecule is CC(C)C(=O)N1CCCN(C(=O)Nc2cc(C(C)(C)C)nn2C(C)(C)C)CC1. The largest absolute Gasteiger partial charge is 0.341 e. The van der Waals surface area contributed by atoms with Gasteiger partial charge in [-0.1, -0.05) is 34.6 Å². The molecule has 7 nitrogen and oxygen atoms in total. The first-order chi connectivity index (χ1) is 12.8. The van der Waals surface area contributed by atoms with Crippen LogP contribution in [0.15, 0.2) is 6.07 Å². The molecule has 0 unspecified atom stereocenters. The number of carbonyl (C=O) groups excluding carboxylic acids is 2. The fourth-order valence-electron chi connectivity index (χ4n) is 3.24. The van der Waals surface area contributed by atoms with E-state index < -0.39 is 0 Å². The van der Waals surface area contributed by atoms with Gasteiger partial charge in [-0.3, -0.25) is 10.1 Å². The zero-order valence-electron chi connectivity index (χ0n) is 18.8. The summed E-state index contributed by atoms with van der Waals surface area (Å²) in [6.07, 6.45) is 0.789. The van der Waals surface area contributed by atoms with Gasteiger partial charge >= 0.3 is 6.03 Å². The van der Waals surface area contributed by atoms with E-state index in [1.165, 1.54) is 0 Å². The summed E-state index contributed by atoms with van der Waals surface area (Å²) in [6, 6.07) is 1.83. The lowest BCUT2D eigenvalue weighted by Crippen LogP contribution is -2.41. The van der Waals surface area contributed by atoms with Crippen LogP contribution in [0.1, 0.15) is 67.5 Å². The van der Waals surface area contributed by atoms with Gasteiger partial charge in [0.1, 0.15) is 5.82 Å². The number of carbonyl (C=O) groups is 2. The zero-order valence-corrected chi connectivity index (χ0v) is 18.8. The molecular formula is C21H37N5O2. The van der Waals surface area contributed by atoms with Crippen LogP contribution in [0.25, 0.3) is 0 Å². The zero-order chi connectivity index (χ0) is 21.3. The highest BCUT2D eigenvalue weighted by Gasteiger charge is 2.28. The molecule has 0 bridgehead atoms. The number of nitrogens with zero attached hydrogens (tertiary/aromatic N) is 4. The summed E-state index contributed by atoms with van der Waals surface area (Å²) in [5, 5.41) is 7.81. The highest BCUT2D eigenvalue weighted by Crippen LogP contribution is 2.28. The van der Waals surface area contributed by atoms with E-state index in [0.29, 0.717) is 32.0 Å². The minimum atomic E-state index is -0.245. The van der Waals surface area contributed by atoms with E-state index >= 15 is 0 Å². The molecule has 0 atom stereocenters. The average Bonchev–Trinajstić information content (AvgIpc) is 2.85. The first-order valence-corrected chi connectivity index (χ1v) is 10.3. The van der Waals surface area contributed by atoms with Crippen LogP contribution in [0.4, 0.5) is 10.6 Å². The quantitative estimate of drug-likeness (QED) is 0.836. The molecule has 2 heterocycles. The Morgan fingerprint density at radius 3 is 2.11 bits per heavy atom. The second kappa shape index (κ2) is 8.13. The molecular weight excluding hydrogens is 354 g/mol. The molecule has 0 aliphatic carbocycles. The molecule has 0 radical (unpaired) electrons. The first kappa shape index (κ1) is 22.2. The van der Waals surface area contributed by atoms with Crippen molar-refractivity contribution in [3.8, 4) is 0 Å². The predicted molar refractivity (Wildman–Crippen MR) is 113 cm³/mol. The number of hydrogen-bond acceptors (Lipinski definition) is 3. The molecule has 1 saturated heterocycles. The molecule has 158 valence electrons. The molecule has 2 rings (SSSR count). The summed E-state index contributed by atoms with van der Waals surface area (Å²) in [7, 11) is 0.